The van der Waals surface area contributed by atoms with Crippen molar-refractivity contribution < 1.29 is 4.74 Å². The maximum atomic E-state index is 5.75. The van der Waals surface area contributed by atoms with Gasteiger partial charge in [-0.3, -0.25) is 0 Å². The lowest BCUT2D eigenvalue weighted by molar-refractivity contribution is 0.306. The van der Waals surface area contributed by atoms with Gasteiger partial charge in [-0.2, -0.15) is 0 Å². The highest BCUT2D eigenvalue weighted by molar-refractivity contribution is 9.10. The molecule has 0 atom stereocenters. The van der Waals surface area contributed by atoms with Crippen molar-refractivity contribution in [1.29, 1.82) is 0 Å². The molecule has 2 heteroatoms. The second-order valence-corrected chi connectivity index (χ2v) is 5.13. The molecule has 0 fully saturated rings. The molecule has 0 aliphatic heterocycles. The summed E-state index contributed by atoms with van der Waals surface area (Å²) in [5.41, 5.74) is 2.57. The molecule has 94 valence electrons. The summed E-state index contributed by atoms with van der Waals surface area (Å²) in [6.45, 7) is 2.81. The molecule has 0 aromatic heterocycles. The van der Waals surface area contributed by atoms with Crippen LogP contribution in [0.5, 0.6) is 5.75 Å². The van der Waals surface area contributed by atoms with Crippen molar-refractivity contribution in [2.45, 2.75) is 26.4 Å². The van der Waals surface area contributed by atoms with Gasteiger partial charge in [-0.05, 0) is 35.7 Å². The molecule has 0 radical (unpaired) electrons. The topological polar surface area (TPSA) is 9.23 Å². The van der Waals surface area contributed by atoms with Gasteiger partial charge in [-0.15, -0.1) is 0 Å². The number of hydrogen-bond donors (Lipinski definition) is 0. The van der Waals surface area contributed by atoms with Crippen LogP contribution in [0.25, 0.3) is 0 Å². The van der Waals surface area contributed by atoms with Crippen LogP contribution in [0.15, 0.2) is 53.0 Å². The van der Waals surface area contributed by atoms with E-state index in [0.29, 0.717) is 6.61 Å². The van der Waals surface area contributed by atoms with Crippen molar-refractivity contribution >= 4 is 15.9 Å². The molecular weight excluding hydrogens is 288 g/mol. The maximum Gasteiger partial charge on any atom is 0.119 e. The zero-order chi connectivity index (χ0) is 12.8. The van der Waals surface area contributed by atoms with E-state index in [9.17, 15) is 0 Å². The molecule has 2 rings (SSSR count). The maximum absolute atomic E-state index is 5.75. The van der Waals surface area contributed by atoms with Crippen LogP contribution in [-0.4, -0.2) is 0 Å². The molecule has 1 nitrogen and oxygen atoms in total. The highest BCUT2D eigenvalue weighted by Gasteiger charge is 2.02. The van der Waals surface area contributed by atoms with E-state index < -0.39 is 0 Å². The average molecular weight is 305 g/mol. The van der Waals surface area contributed by atoms with E-state index in [-0.39, 0.29) is 0 Å². The molecule has 0 N–H and O–H groups in total. The monoisotopic (exact) mass is 304 g/mol. The first-order valence-electron chi connectivity index (χ1n) is 6.24. The van der Waals surface area contributed by atoms with Gasteiger partial charge in [-0.1, -0.05) is 59.6 Å². The fraction of sp³-hybridized carbons (Fsp3) is 0.250. The Kier molecular flexibility index (Phi) is 4.82. The van der Waals surface area contributed by atoms with Crippen LogP contribution < -0.4 is 4.74 Å². The van der Waals surface area contributed by atoms with Gasteiger partial charge in [-0.25, -0.2) is 0 Å². The smallest absolute Gasteiger partial charge is 0.119 e. The minimum Gasteiger partial charge on any atom is -0.489 e. The van der Waals surface area contributed by atoms with Gasteiger partial charge < -0.3 is 4.74 Å². The summed E-state index contributed by atoms with van der Waals surface area (Å²) in [6, 6.07) is 16.3. The molecule has 2 aromatic carbocycles. The molecule has 0 saturated carbocycles. The Labute approximate surface area is 117 Å². The standard InChI is InChI=1S/C16H17BrO/c1-2-6-14-11-13(9-10-16(14)17)12-18-15-7-4-3-5-8-15/h3-5,7-11H,2,6,12H2,1H3. The summed E-state index contributed by atoms with van der Waals surface area (Å²) in [7, 11) is 0. The molecule has 2 aromatic rings. The lowest BCUT2D eigenvalue weighted by atomic mass is 10.1. The first-order chi connectivity index (χ1) is 8.79. The second kappa shape index (κ2) is 6.60. The summed E-state index contributed by atoms with van der Waals surface area (Å²) >= 11 is 3.59. The van der Waals surface area contributed by atoms with Gasteiger partial charge in [0.25, 0.3) is 0 Å². The number of ether oxygens (including phenoxy) is 1. The van der Waals surface area contributed by atoms with E-state index in [1.165, 1.54) is 15.6 Å². The summed E-state index contributed by atoms with van der Waals surface area (Å²) in [5, 5.41) is 0. The SMILES string of the molecule is CCCc1cc(COc2ccccc2)ccc1Br. The van der Waals surface area contributed by atoms with Crippen molar-refractivity contribution in [3.8, 4) is 5.75 Å². The fourth-order valence-corrected chi connectivity index (χ4v) is 2.31. The normalized spacial score (nSPS) is 10.3. The number of aryl methyl sites for hydroxylation is 1. The number of benzene rings is 2. The molecule has 0 heterocycles. The molecule has 18 heavy (non-hydrogen) atoms. The first kappa shape index (κ1) is 13.2. The van der Waals surface area contributed by atoms with Gasteiger partial charge in [0.15, 0.2) is 0 Å². The van der Waals surface area contributed by atoms with E-state index >= 15 is 0 Å². The summed E-state index contributed by atoms with van der Waals surface area (Å²) in [6.07, 6.45) is 2.25. The molecule has 0 saturated heterocycles. The number of para-hydroxylation sites is 1. The van der Waals surface area contributed by atoms with E-state index in [1.54, 1.807) is 0 Å². The highest BCUT2D eigenvalue weighted by atomic mass is 79.9. The van der Waals surface area contributed by atoms with Gasteiger partial charge in [0.1, 0.15) is 12.4 Å². The molecule has 0 amide bonds. The van der Waals surface area contributed by atoms with E-state index in [4.69, 9.17) is 4.74 Å². The molecule has 0 aliphatic rings. The second-order valence-electron chi connectivity index (χ2n) is 4.28. The minimum absolute atomic E-state index is 0.619. The molecule has 0 aliphatic carbocycles. The van der Waals surface area contributed by atoms with Gasteiger partial charge in [0.2, 0.25) is 0 Å². The van der Waals surface area contributed by atoms with Crippen LogP contribution in [0.1, 0.15) is 24.5 Å². The Morgan fingerprint density at radius 1 is 1.06 bits per heavy atom. The van der Waals surface area contributed by atoms with Crippen molar-refractivity contribution in [2.75, 3.05) is 0 Å². The van der Waals surface area contributed by atoms with E-state index in [2.05, 4.69) is 41.1 Å². The molecule has 0 spiro atoms. The zero-order valence-electron chi connectivity index (χ0n) is 10.5. The van der Waals surface area contributed by atoms with E-state index in [0.717, 1.165) is 18.6 Å². The highest BCUT2D eigenvalue weighted by Crippen LogP contribution is 2.21. The molecule has 0 bridgehead atoms. The summed E-state index contributed by atoms with van der Waals surface area (Å²) in [5.74, 6) is 0.914. The number of rotatable bonds is 5. The fourth-order valence-electron chi connectivity index (χ4n) is 1.86. The Balaban J connectivity index is 2.03. The Bertz CT molecular complexity index is 494. The first-order valence-corrected chi connectivity index (χ1v) is 7.04. The zero-order valence-corrected chi connectivity index (χ0v) is 12.1. The van der Waals surface area contributed by atoms with Crippen LogP contribution in [0.2, 0.25) is 0 Å². The summed E-state index contributed by atoms with van der Waals surface area (Å²) < 4.78 is 6.94. The third kappa shape index (κ3) is 3.61. The van der Waals surface area contributed by atoms with Crippen LogP contribution in [0.4, 0.5) is 0 Å². The Morgan fingerprint density at radius 2 is 1.83 bits per heavy atom. The van der Waals surface area contributed by atoms with Gasteiger partial charge in [0, 0.05) is 4.47 Å². The van der Waals surface area contributed by atoms with Crippen LogP contribution in [0.3, 0.4) is 0 Å². The van der Waals surface area contributed by atoms with Gasteiger partial charge in [0.05, 0.1) is 0 Å². The largest absolute Gasteiger partial charge is 0.489 e. The lowest BCUT2D eigenvalue weighted by Gasteiger charge is -2.09. The van der Waals surface area contributed by atoms with E-state index in [1.807, 2.05) is 30.3 Å². The molecule has 0 unspecified atom stereocenters. The number of hydrogen-bond acceptors (Lipinski definition) is 1. The Morgan fingerprint density at radius 3 is 2.56 bits per heavy atom. The van der Waals surface area contributed by atoms with Gasteiger partial charge >= 0.3 is 0 Å². The van der Waals surface area contributed by atoms with Crippen molar-refractivity contribution in [2.24, 2.45) is 0 Å². The van der Waals surface area contributed by atoms with Crippen molar-refractivity contribution in [3.63, 3.8) is 0 Å². The minimum atomic E-state index is 0.619. The third-order valence-corrected chi connectivity index (χ3v) is 3.55. The van der Waals surface area contributed by atoms with Crippen LogP contribution in [0, 0.1) is 0 Å². The lowest BCUT2D eigenvalue weighted by Crippen LogP contribution is -1.97. The average Bonchev–Trinajstić information content (AvgIpc) is 2.41. The molecular formula is C16H17BrO. The van der Waals surface area contributed by atoms with Crippen molar-refractivity contribution in [3.05, 3.63) is 64.1 Å². The summed E-state index contributed by atoms with van der Waals surface area (Å²) in [4.78, 5) is 0. The quantitative estimate of drug-likeness (QED) is 0.757. The predicted molar refractivity (Wildman–Crippen MR) is 78.9 cm³/mol. The Hall–Kier alpha value is -1.28. The van der Waals surface area contributed by atoms with Crippen LogP contribution >= 0.6 is 15.9 Å². The third-order valence-electron chi connectivity index (χ3n) is 2.78. The predicted octanol–water partition coefficient (Wildman–Crippen LogP) is 4.98. The van der Waals surface area contributed by atoms with Crippen molar-refractivity contribution in [1.82, 2.24) is 0 Å². The number of halogens is 1. The van der Waals surface area contributed by atoms with Crippen LogP contribution in [-0.2, 0) is 13.0 Å².